The van der Waals surface area contributed by atoms with Gasteiger partial charge in [-0.15, -0.1) is 6.58 Å². The second kappa shape index (κ2) is 2.50. The summed E-state index contributed by atoms with van der Waals surface area (Å²) in [5.74, 6) is 0. The maximum Gasteiger partial charge on any atom is 0.0514 e. The molecule has 1 heterocycles. The lowest BCUT2D eigenvalue weighted by atomic mass is 9.80. The van der Waals surface area contributed by atoms with Gasteiger partial charge in [0, 0.05) is 18.5 Å². The van der Waals surface area contributed by atoms with Crippen molar-refractivity contribution in [3.63, 3.8) is 0 Å². The predicted molar refractivity (Wildman–Crippen MR) is 37.2 cm³/mol. The SMILES string of the molecule is C=CCC1(CO)CNC1. The van der Waals surface area contributed by atoms with Crippen LogP contribution in [0.1, 0.15) is 6.42 Å². The van der Waals surface area contributed by atoms with Crippen LogP contribution in [-0.4, -0.2) is 24.8 Å². The first-order valence-electron chi connectivity index (χ1n) is 3.25. The Bertz CT molecular complexity index is 102. The summed E-state index contributed by atoms with van der Waals surface area (Å²) in [6.45, 7) is 5.80. The summed E-state index contributed by atoms with van der Waals surface area (Å²) in [6, 6.07) is 0. The Hall–Kier alpha value is -0.340. The molecule has 0 saturated carbocycles. The Morgan fingerprint density at radius 1 is 1.67 bits per heavy atom. The molecule has 0 atom stereocenters. The maximum atomic E-state index is 8.88. The quantitative estimate of drug-likeness (QED) is 0.529. The molecule has 0 spiro atoms. The summed E-state index contributed by atoms with van der Waals surface area (Å²) in [5.41, 5.74) is 0.141. The molecule has 2 nitrogen and oxygen atoms in total. The highest BCUT2D eigenvalue weighted by molar-refractivity contribution is 4.96. The van der Waals surface area contributed by atoms with Crippen molar-refractivity contribution in [2.45, 2.75) is 6.42 Å². The predicted octanol–water partition coefficient (Wildman–Crippen LogP) is 0.144. The van der Waals surface area contributed by atoms with E-state index in [0.717, 1.165) is 19.5 Å². The highest BCUT2D eigenvalue weighted by atomic mass is 16.3. The molecule has 0 radical (unpaired) electrons. The van der Waals surface area contributed by atoms with E-state index in [-0.39, 0.29) is 12.0 Å². The Kier molecular flexibility index (Phi) is 1.88. The van der Waals surface area contributed by atoms with Crippen LogP contribution in [0, 0.1) is 5.41 Å². The van der Waals surface area contributed by atoms with Gasteiger partial charge in [0.1, 0.15) is 0 Å². The monoisotopic (exact) mass is 127 g/mol. The summed E-state index contributed by atoms with van der Waals surface area (Å²) >= 11 is 0. The summed E-state index contributed by atoms with van der Waals surface area (Å²) in [7, 11) is 0. The third kappa shape index (κ3) is 1.14. The molecule has 1 fully saturated rings. The molecule has 2 N–H and O–H groups in total. The first-order valence-corrected chi connectivity index (χ1v) is 3.25. The van der Waals surface area contributed by atoms with Crippen LogP contribution in [-0.2, 0) is 0 Å². The van der Waals surface area contributed by atoms with Gasteiger partial charge in [0.2, 0.25) is 0 Å². The Morgan fingerprint density at radius 2 is 2.33 bits per heavy atom. The first-order chi connectivity index (χ1) is 4.33. The first kappa shape index (κ1) is 6.78. The van der Waals surface area contributed by atoms with E-state index in [4.69, 9.17) is 5.11 Å². The lowest BCUT2D eigenvalue weighted by Crippen LogP contribution is -2.55. The van der Waals surface area contributed by atoms with Crippen molar-refractivity contribution in [1.29, 1.82) is 0 Å². The zero-order chi connectivity index (χ0) is 6.74. The number of nitrogens with one attached hydrogen (secondary N) is 1. The van der Waals surface area contributed by atoms with Crippen LogP contribution in [0.4, 0.5) is 0 Å². The van der Waals surface area contributed by atoms with Crippen LogP contribution in [0.5, 0.6) is 0 Å². The number of aliphatic hydroxyl groups is 1. The van der Waals surface area contributed by atoms with Gasteiger partial charge < -0.3 is 10.4 Å². The van der Waals surface area contributed by atoms with Gasteiger partial charge >= 0.3 is 0 Å². The van der Waals surface area contributed by atoms with Gasteiger partial charge in [-0.25, -0.2) is 0 Å². The van der Waals surface area contributed by atoms with Crippen LogP contribution in [0.15, 0.2) is 12.7 Å². The molecular formula is C7H13NO. The van der Waals surface area contributed by atoms with E-state index in [1.807, 2.05) is 6.08 Å². The molecule has 52 valence electrons. The fourth-order valence-electron chi connectivity index (χ4n) is 1.11. The molecular weight excluding hydrogens is 114 g/mol. The second-order valence-corrected chi connectivity index (χ2v) is 2.75. The highest BCUT2D eigenvalue weighted by Gasteiger charge is 2.34. The lowest BCUT2D eigenvalue weighted by molar-refractivity contribution is 0.0715. The fraction of sp³-hybridized carbons (Fsp3) is 0.714. The molecule has 0 aliphatic carbocycles. The van der Waals surface area contributed by atoms with Crippen molar-refractivity contribution in [2.75, 3.05) is 19.7 Å². The Labute approximate surface area is 55.6 Å². The van der Waals surface area contributed by atoms with Crippen LogP contribution in [0.25, 0.3) is 0 Å². The molecule has 1 saturated heterocycles. The van der Waals surface area contributed by atoms with Crippen molar-refractivity contribution in [1.82, 2.24) is 5.32 Å². The van der Waals surface area contributed by atoms with Gasteiger partial charge in [0.25, 0.3) is 0 Å². The van der Waals surface area contributed by atoms with E-state index in [9.17, 15) is 0 Å². The fourth-order valence-corrected chi connectivity index (χ4v) is 1.11. The molecule has 9 heavy (non-hydrogen) atoms. The van der Waals surface area contributed by atoms with Gasteiger partial charge in [0.15, 0.2) is 0 Å². The van der Waals surface area contributed by atoms with Gasteiger partial charge in [-0.05, 0) is 6.42 Å². The molecule has 1 aliphatic heterocycles. The number of aliphatic hydroxyl groups excluding tert-OH is 1. The van der Waals surface area contributed by atoms with E-state index in [0.29, 0.717) is 0 Å². The molecule has 0 aromatic heterocycles. The zero-order valence-electron chi connectivity index (χ0n) is 5.56. The van der Waals surface area contributed by atoms with Crippen molar-refractivity contribution in [3.8, 4) is 0 Å². The van der Waals surface area contributed by atoms with Gasteiger partial charge in [-0.1, -0.05) is 6.08 Å². The molecule has 2 heteroatoms. The Balaban J connectivity index is 2.36. The van der Waals surface area contributed by atoms with Crippen molar-refractivity contribution in [3.05, 3.63) is 12.7 Å². The van der Waals surface area contributed by atoms with Crippen LogP contribution in [0.3, 0.4) is 0 Å². The van der Waals surface area contributed by atoms with Gasteiger partial charge in [-0.2, -0.15) is 0 Å². The van der Waals surface area contributed by atoms with E-state index in [1.54, 1.807) is 0 Å². The van der Waals surface area contributed by atoms with Gasteiger partial charge in [0.05, 0.1) is 6.61 Å². The lowest BCUT2D eigenvalue weighted by Gasteiger charge is -2.40. The normalized spacial score (nSPS) is 22.8. The molecule has 1 rings (SSSR count). The van der Waals surface area contributed by atoms with E-state index < -0.39 is 0 Å². The number of hydrogen-bond acceptors (Lipinski definition) is 2. The van der Waals surface area contributed by atoms with Crippen LogP contribution < -0.4 is 5.32 Å². The number of rotatable bonds is 3. The summed E-state index contributed by atoms with van der Waals surface area (Å²) in [5, 5.41) is 12.0. The standard InChI is InChI=1S/C7H13NO/c1-2-3-7(6-9)4-8-5-7/h2,8-9H,1,3-6H2. The largest absolute Gasteiger partial charge is 0.396 e. The van der Waals surface area contributed by atoms with Crippen LogP contribution in [0.2, 0.25) is 0 Å². The molecule has 0 aromatic rings. The topological polar surface area (TPSA) is 32.3 Å². The molecule has 0 aromatic carbocycles. The minimum atomic E-state index is 0.141. The van der Waals surface area contributed by atoms with Crippen molar-refractivity contribution in [2.24, 2.45) is 5.41 Å². The van der Waals surface area contributed by atoms with Gasteiger partial charge in [-0.3, -0.25) is 0 Å². The molecule has 0 unspecified atom stereocenters. The number of allylic oxidation sites excluding steroid dienone is 1. The van der Waals surface area contributed by atoms with E-state index in [2.05, 4.69) is 11.9 Å². The summed E-state index contributed by atoms with van der Waals surface area (Å²) in [4.78, 5) is 0. The smallest absolute Gasteiger partial charge is 0.0514 e. The molecule has 0 amide bonds. The molecule has 1 aliphatic rings. The number of hydrogen-bond donors (Lipinski definition) is 2. The Morgan fingerprint density at radius 3 is 2.44 bits per heavy atom. The average molecular weight is 127 g/mol. The zero-order valence-corrected chi connectivity index (χ0v) is 5.56. The second-order valence-electron chi connectivity index (χ2n) is 2.75. The third-order valence-corrected chi connectivity index (χ3v) is 1.91. The molecule has 0 bridgehead atoms. The van der Waals surface area contributed by atoms with E-state index in [1.165, 1.54) is 0 Å². The third-order valence-electron chi connectivity index (χ3n) is 1.91. The van der Waals surface area contributed by atoms with Crippen molar-refractivity contribution >= 4 is 0 Å². The highest BCUT2D eigenvalue weighted by Crippen LogP contribution is 2.25. The summed E-state index contributed by atoms with van der Waals surface area (Å²) in [6.07, 6.45) is 2.80. The minimum absolute atomic E-state index is 0.141. The van der Waals surface area contributed by atoms with E-state index >= 15 is 0 Å². The van der Waals surface area contributed by atoms with Crippen molar-refractivity contribution < 1.29 is 5.11 Å². The minimum Gasteiger partial charge on any atom is -0.396 e. The maximum absolute atomic E-state index is 8.88. The average Bonchev–Trinajstić information content (AvgIpc) is 1.79. The van der Waals surface area contributed by atoms with Crippen LogP contribution >= 0.6 is 0 Å². The summed E-state index contributed by atoms with van der Waals surface area (Å²) < 4.78 is 0.